The van der Waals surface area contributed by atoms with Crippen LogP contribution in [0.1, 0.15) is 23.2 Å². The van der Waals surface area contributed by atoms with Crippen LogP contribution in [0.15, 0.2) is 55.0 Å². The first kappa shape index (κ1) is 18.0. The summed E-state index contributed by atoms with van der Waals surface area (Å²) in [6.45, 7) is 1.95. The van der Waals surface area contributed by atoms with Gasteiger partial charge in [0.15, 0.2) is 0 Å². The smallest absolute Gasteiger partial charge is 0.319 e. The third-order valence-electron chi connectivity index (χ3n) is 4.81. The number of carbonyl (C=O) groups is 1. The minimum absolute atomic E-state index is 0.264. The number of nitrogens with one attached hydrogen (secondary N) is 3. The average molecular weight is 379 g/mol. The van der Waals surface area contributed by atoms with Crippen molar-refractivity contribution < 1.29 is 9.18 Å². The normalized spacial score (nSPS) is 13.1. The highest BCUT2D eigenvalue weighted by molar-refractivity contribution is 5.90. The number of nitrogens with zero attached hydrogens (tertiary/aromatic N) is 2. The van der Waals surface area contributed by atoms with Crippen LogP contribution in [0.25, 0.3) is 0 Å². The molecule has 2 heterocycles. The predicted molar refractivity (Wildman–Crippen MR) is 107 cm³/mol. The van der Waals surface area contributed by atoms with Crippen LogP contribution in [0.4, 0.5) is 20.6 Å². The largest absolute Gasteiger partial charge is 0.365 e. The van der Waals surface area contributed by atoms with Crippen molar-refractivity contribution >= 4 is 17.4 Å². The van der Waals surface area contributed by atoms with Crippen LogP contribution < -0.4 is 15.5 Å². The molecule has 2 aromatic carbocycles. The molecule has 0 saturated carbocycles. The number of aromatic nitrogens is 2. The number of hydrogen-bond acceptors (Lipinski definition) is 3. The lowest BCUT2D eigenvalue weighted by atomic mass is 10.0. The minimum Gasteiger partial charge on any atom is -0.365 e. The SMILES string of the molecule is O=C(NCc1cccc(F)c1)Nc1ccc2c(c1)N(Cc1c[nH]cn1)CCC2. The second-order valence-electron chi connectivity index (χ2n) is 6.87. The number of aromatic amines is 1. The number of urea groups is 1. The Morgan fingerprint density at radius 3 is 3.00 bits per heavy atom. The van der Waals surface area contributed by atoms with Crippen LogP contribution in [0.3, 0.4) is 0 Å². The van der Waals surface area contributed by atoms with Crippen LogP contribution in [0.2, 0.25) is 0 Å². The van der Waals surface area contributed by atoms with Gasteiger partial charge in [-0.2, -0.15) is 0 Å². The zero-order valence-corrected chi connectivity index (χ0v) is 15.4. The Kier molecular flexibility index (Phi) is 5.23. The van der Waals surface area contributed by atoms with Gasteiger partial charge in [-0.3, -0.25) is 0 Å². The summed E-state index contributed by atoms with van der Waals surface area (Å²) in [4.78, 5) is 21.8. The molecule has 1 aliphatic rings. The number of carbonyl (C=O) groups excluding carboxylic acids is 1. The van der Waals surface area contributed by atoms with Gasteiger partial charge in [0.25, 0.3) is 0 Å². The van der Waals surface area contributed by atoms with Crippen LogP contribution in [-0.4, -0.2) is 22.5 Å². The quantitative estimate of drug-likeness (QED) is 0.631. The molecule has 4 rings (SSSR count). The third kappa shape index (κ3) is 4.31. The highest BCUT2D eigenvalue weighted by Crippen LogP contribution is 2.31. The first-order valence-electron chi connectivity index (χ1n) is 9.32. The van der Waals surface area contributed by atoms with Crippen LogP contribution >= 0.6 is 0 Å². The summed E-state index contributed by atoms with van der Waals surface area (Å²) in [6.07, 6.45) is 5.70. The summed E-state index contributed by atoms with van der Waals surface area (Å²) >= 11 is 0. The van der Waals surface area contributed by atoms with Crippen molar-refractivity contribution in [1.82, 2.24) is 15.3 Å². The summed E-state index contributed by atoms with van der Waals surface area (Å²) in [5.41, 5.74) is 4.82. The van der Waals surface area contributed by atoms with Gasteiger partial charge in [-0.05, 0) is 48.2 Å². The molecule has 0 bridgehead atoms. The topological polar surface area (TPSA) is 73.1 Å². The predicted octanol–water partition coefficient (Wildman–Crippen LogP) is 3.82. The number of H-pyrrole nitrogens is 1. The van der Waals surface area contributed by atoms with Crippen molar-refractivity contribution in [2.24, 2.45) is 0 Å². The molecule has 3 N–H and O–H groups in total. The number of benzene rings is 2. The fraction of sp³-hybridized carbons (Fsp3) is 0.238. The number of anilines is 2. The molecule has 6 nitrogen and oxygen atoms in total. The lowest BCUT2D eigenvalue weighted by Gasteiger charge is -2.31. The Bertz CT molecular complexity index is 957. The molecule has 3 aromatic rings. The van der Waals surface area contributed by atoms with Gasteiger partial charge >= 0.3 is 6.03 Å². The van der Waals surface area contributed by atoms with Crippen molar-refractivity contribution in [3.63, 3.8) is 0 Å². The van der Waals surface area contributed by atoms with E-state index in [-0.39, 0.29) is 18.4 Å². The number of fused-ring (bicyclic) bond motifs is 1. The summed E-state index contributed by atoms with van der Waals surface area (Å²) in [7, 11) is 0. The fourth-order valence-corrected chi connectivity index (χ4v) is 3.47. The molecule has 1 aromatic heterocycles. The molecule has 28 heavy (non-hydrogen) atoms. The maximum atomic E-state index is 13.2. The van der Waals surface area contributed by atoms with E-state index in [2.05, 4.69) is 31.6 Å². The number of rotatable bonds is 5. The number of halogens is 1. The number of imidazole rings is 1. The van der Waals surface area contributed by atoms with E-state index in [4.69, 9.17) is 0 Å². The van der Waals surface area contributed by atoms with Gasteiger partial charge in [0.05, 0.1) is 18.6 Å². The number of aryl methyl sites for hydroxylation is 1. The lowest BCUT2D eigenvalue weighted by molar-refractivity contribution is 0.251. The molecule has 0 spiro atoms. The second kappa shape index (κ2) is 8.12. The molecular formula is C21H22FN5O. The highest BCUT2D eigenvalue weighted by atomic mass is 19.1. The molecule has 2 amide bonds. The Labute approximate surface area is 162 Å². The monoisotopic (exact) mass is 379 g/mol. The number of amides is 2. The Morgan fingerprint density at radius 2 is 2.18 bits per heavy atom. The van der Waals surface area contributed by atoms with Crippen molar-refractivity contribution in [3.05, 3.63) is 77.6 Å². The lowest BCUT2D eigenvalue weighted by Crippen LogP contribution is -2.30. The Hall–Kier alpha value is -3.35. The zero-order valence-electron chi connectivity index (χ0n) is 15.4. The minimum atomic E-state index is -0.320. The van der Waals surface area contributed by atoms with Crippen molar-refractivity contribution in [1.29, 1.82) is 0 Å². The van der Waals surface area contributed by atoms with Crippen LogP contribution in [0.5, 0.6) is 0 Å². The van der Waals surface area contributed by atoms with Gasteiger partial charge in [-0.15, -0.1) is 0 Å². The highest BCUT2D eigenvalue weighted by Gasteiger charge is 2.18. The summed E-state index contributed by atoms with van der Waals surface area (Å²) < 4.78 is 13.2. The van der Waals surface area contributed by atoms with Gasteiger partial charge in [0, 0.05) is 30.7 Å². The maximum Gasteiger partial charge on any atom is 0.319 e. The first-order chi connectivity index (χ1) is 13.7. The van der Waals surface area contributed by atoms with Crippen molar-refractivity contribution in [3.8, 4) is 0 Å². The maximum absolute atomic E-state index is 13.2. The molecule has 7 heteroatoms. The molecule has 0 radical (unpaired) electrons. The van der Waals surface area contributed by atoms with Crippen molar-refractivity contribution in [2.75, 3.05) is 16.8 Å². The van der Waals surface area contributed by atoms with E-state index >= 15 is 0 Å². The molecule has 0 aliphatic carbocycles. The summed E-state index contributed by atoms with van der Waals surface area (Å²) in [6, 6.07) is 11.9. The average Bonchev–Trinajstić information content (AvgIpc) is 3.20. The van der Waals surface area contributed by atoms with Crippen LogP contribution in [0, 0.1) is 5.82 Å². The van der Waals surface area contributed by atoms with E-state index in [0.717, 1.165) is 43.0 Å². The van der Waals surface area contributed by atoms with Gasteiger partial charge in [0.1, 0.15) is 5.82 Å². The van der Waals surface area contributed by atoms with Gasteiger partial charge < -0.3 is 20.5 Å². The van der Waals surface area contributed by atoms with E-state index < -0.39 is 0 Å². The van der Waals surface area contributed by atoms with E-state index in [1.54, 1.807) is 18.5 Å². The molecule has 144 valence electrons. The molecule has 0 atom stereocenters. The van der Waals surface area contributed by atoms with Crippen LogP contribution in [-0.2, 0) is 19.5 Å². The van der Waals surface area contributed by atoms with E-state index in [9.17, 15) is 9.18 Å². The fourth-order valence-electron chi connectivity index (χ4n) is 3.47. The van der Waals surface area contributed by atoms with E-state index in [1.807, 2.05) is 18.3 Å². The van der Waals surface area contributed by atoms with E-state index in [1.165, 1.54) is 17.7 Å². The first-order valence-corrected chi connectivity index (χ1v) is 9.32. The molecule has 1 aliphatic heterocycles. The Morgan fingerprint density at radius 1 is 1.25 bits per heavy atom. The molecule has 0 fully saturated rings. The third-order valence-corrected chi connectivity index (χ3v) is 4.81. The molecular weight excluding hydrogens is 357 g/mol. The Balaban J connectivity index is 1.42. The second-order valence-corrected chi connectivity index (χ2v) is 6.87. The molecule has 0 unspecified atom stereocenters. The van der Waals surface area contributed by atoms with Gasteiger partial charge in [0.2, 0.25) is 0 Å². The zero-order chi connectivity index (χ0) is 19.3. The van der Waals surface area contributed by atoms with E-state index in [0.29, 0.717) is 5.56 Å². The number of hydrogen-bond donors (Lipinski definition) is 3. The van der Waals surface area contributed by atoms with Crippen molar-refractivity contribution in [2.45, 2.75) is 25.9 Å². The standard InChI is InChI=1S/C21H22FN5O/c22-17-5-1-3-15(9-17)11-24-21(28)26-18-7-6-16-4-2-8-27(20(16)10-18)13-19-12-23-14-25-19/h1,3,5-7,9-10,12,14H,2,4,8,11,13H2,(H,23,25)(H2,24,26,28). The van der Waals surface area contributed by atoms with Gasteiger partial charge in [-0.1, -0.05) is 18.2 Å². The van der Waals surface area contributed by atoms with Gasteiger partial charge in [-0.25, -0.2) is 14.2 Å². The summed E-state index contributed by atoms with van der Waals surface area (Å²) in [5.74, 6) is -0.314. The summed E-state index contributed by atoms with van der Waals surface area (Å²) in [5, 5.41) is 5.62. The molecule has 0 saturated heterocycles.